The fourth-order valence-electron chi connectivity index (χ4n) is 2.81. The number of aromatic nitrogens is 2. The van der Waals surface area contributed by atoms with Crippen molar-refractivity contribution in [3.05, 3.63) is 50.7 Å². The number of halogens is 3. The summed E-state index contributed by atoms with van der Waals surface area (Å²) >= 11 is 0. The van der Waals surface area contributed by atoms with Crippen molar-refractivity contribution in [3.8, 4) is 5.75 Å². The third-order valence-electron chi connectivity index (χ3n) is 4.27. The van der Waals surface area contributed by atoms with Crippen molar-refractivity contribution in [2.24, 2.45) is 0 Å². The Morgan fingerprint density at radius 2 is 2.00 bits per heavy atom. The van der Waals surface area contributed by atoms with Crippen LogP contribution in [0.4, 0.5) is 24.7 Å². The van der Waals surface area contributed by atoms with Gasteiger partial charge in [-0.2, -0.15) is 13.2 Å². The molecule has 2 aromatic rings. The molecule has 1 aromatic carbocycles. The lowest BCUT2D eigenvalue weighted by Crippen LogP contribution is -2.44. The van der Waals surface area contributed by atoms with Gasteiger partial charge in [0.2, 0.25) is 0 Å². The Balaban J connectivity index is 2.33. The molecule has 0 unspecified atom stereocenters. The minimum Gasteiger partial charge on any atom is -0.484 e. The molecule has 0 bridgehead atoms. The van der Waals surface area contributed by atoms with E-state index in [1.807, 2.05) is 0 Å². The van der Waals surface area contributed by atoms with Crippen molar-refractivity contribution >= 4 is 17.4 Å². The van der Waals surface area contributed by atoms with Crippen LogP contribution in [0.1, 0.15) is 18.9 Å². The number of nitrogens with one attached hydrogen (secondary N) is 1. The number of carbonyl (C=O) groups is 1. The Hall–Kier alpha value is -3.28. The first-order valence-corrected chi connectivity index (χ1v) is 9.32. The zero-order valence-electron chi connectivity index (χ0n) is 17.0. The Morgan fingerprint density at radius 3 is 2.61 bits per heavy atom. The Kier molecular flexibility index (Phi) is 7.86. The summed E-state index contributed by atoms with van der Waals surface area (Å²) in [5.74, 6) is -1.14. The highest BCUT2D eigenvalue weighted by atomic mass is 19.4. The number of carbonyl (C=O) groups excluding carboxylic acids is 1. The molecule has 9 nitrogen and oxygen atoms in total. The standard InChI is InChI=1S/C19H23F3N4O5/c1-3-7-26-16(23)15(17(28)24-18(26)29)25(8-9-30-2)14(27)11-31-13-6-4-5-12(10-13)19(20,21)22/h4-6,10H,3,7-9,11,23H2,1-2H3,(H,24,28,29). The SMILES string of the molecule is CCCn1c(N)c(N(CCOC)C(=O)COc2cccc(C(F)(F)F)c2)c(=O)[nH]c1=O. The van der Waals surface area contributed by atoms with Crippen LogP contribution in [0.3, 0.4) is 0 Å². The van der Waals surface area contributed by atoms with Gasteiger partial charge in [-0.3, -0.25) is 24.0 Å². The molecule has 170 valence electrons. The first-order valence-electron chi connectivity index (χ1n) is 9.32. The van der Waals surface area contributed by atoms with Gasteiger partial charge in [-0.15, -0.1) is 0 Å². The zero-order chi connectivity index (χ0) is 23.2. The van der Waals surface area contributed by atoms with Crippen LogP contribution in [0, 0.1) is 0 Å². The summed E-state index contributed by atoms with van der Waals surface area (Å²) in [5.41, 5.74) is 3.22. The van der Waals surface area contributed by atoms with E-state index in [0.717, 1.165) is 27.7 Å². The summed E-state index contributed by atoms with van der Waals surface area (Å²) in [6, 6.07) is 4.05. The van der Waals surface area contributed by atoms with Gasteiger partial charge in [-0.1, -0.05) is 13.0 Å². The molecule has 12 heteroatoms. The Bertz CT molecular complexity index is 1030. The molecule has 0 aliphatic carbocycles. The Labute approximate surface area is 175 Å². The number of ether oxygens (including phenoxy) is 2. The van der Waals surface area contributed by atoms with Gasteiger partial charge in [0, 0.05) is 20.2 Å². The van der Waals surface area contributed by atoms with E-state index < -0.39 is 35.5 Å². The van der Waals surface area contributed by atoms with E-state index in [1.54, 1.807) is 6.92 Å². The summed E-state index contributed by atoms with van der Waals surface area (Å²) in [6.45, 7) is 1.27. The highest BCUT2D eigenvalue weighted by Gasteiger charge is 2.31. The monoisotopic (exact) mass is 444 g/mol. The Morgan fingerprint density at radius 1 is 1.29 bits per heavy atom. The van der Waals surface area contributed by atoms with Crippen LogP contribution in [0.25, 0.3) is 0 Å². The number of anilines is 2. The molecule has 0 fully saturated rings. The summed E-state index contributed by atoms with van der Waals surface area (Å²) in [6.07, 6.45) is -4.02. The number of amides is 1. The molecule has 2 rings (SSSR count). The van der Waals surface area contributed by atoms with Crippen molar-refractivity contribution in [3.63, 3.8) is 0 Å². The number of benzene rings is 1. The third kappa shape index (κ3) is 5.87. The lowest BCUT2D eigenvalue weighted by Gasteiger charge is -2.24. The van der Waals surface area contributed by atoms with E-state index in [4.69, 9.17) is 15.2 Å². The van der Waals surface area contributed by atoms with Gasteiger partial charge in [-0.25, -0.2) is 4.79 Å². The number of nitrogen functional groups attached to an aromatic ring is 1. The van der Waals surface area contributed by atoms with Crippen LogP contribution in [0.5, 0.6) is 5.75 Å². The first-order chi connectivity index (χ1) is 14.6. The fourth-order valence-corrected chi connectivity index (χ4v) is 2.81. The topological polar surface area (TPSA) is 120 Å². The highest BCUT2D eigenvalue weighted by Crippen LogP contribution is 2.31. The van der Waals surface area contributed by atoms with E-state index in [1.165, 1.54) is 13.2 Å². The fraction of sp³-hybridized carbons (Fsp3) is 0.421. The molecule has 0 spiro atoms. The molecule has 1 heterocycles. The lowest BCUT2D eigenvalue weighted by atomic mass is 10.2. The molecule has 0 radical (unpaired) electrons. The molecule has 0 aliphatic rings. The van der Waals surface area contributed by atoms with Gasteiger partial charge < -0.3 is 15.2 Å². The largest absolute Gasteiger partial charge is 0.484 e. The van der Waals surface area contributed by atoms with Crippen molar-refractivity contribution in [1.29, 1.82) is 0 Å². The van der Waals surface area contributed by atoms with E-state index in [-0.39, 0.29) is 37.0 Å². The second kappa shape index (κ2) is 10.2. The van der Waals surface area contributed by atoms with Crippen LogP contribution >= 0.6 is 0 Å². The number of nitrogens with zero attached hydrogens (tertiary/aromatic N) is 2. The van der Waals surface area contributed by atoms with Crippen LogP contribution in [-0.4, -0.2) is 42.3 Å². The normalized spacial score (nSPS) is 11.4. The smallest absolute Gasteiger partial charge is 0.416 e. The van der Waals surface area contributed by atoms with Crippen molar-refractivity contribution < 1.29 is 27.4 Å². The number of rotatable bonds is 9. The van der Waals surface area contributed by atoms with Crippen LogP contribution < -0.4 is 26.6 Å². The molecular weight excluding hydrogens is 421 g/mol. The average Bonchev–Trinajstić information content (AvgIpc) is 2.71. The van der Waals surface area contributed by atoms with E-state index in [0.29, 0.717) is 6.42 Å². The molecule has 0 atom stereocenters. The molecule has 0 saturated carbocycles. The van der Waals surface area contributed by atoms with E-state index in [2.05, 4.69) is 4.98 Å². The number of aromatic amines is 1. The molecule has 1 aromatic heterocycles. The van der Waals surface area contributed by atoms with Crippen LogP contribution in [0.2, 0.25) is 0 Å². The van der Waals surface area contributed by atoms with Gasteiger partial charge in [0.05, 0.1) is 12.2 Å². The van der Waals surface area contributed by atoms with Gasteiger partial charge in [0.25, 0.3) is 11.5 Å². The number of nitrogens with two attached hydrogens (primary N) is 1. The van der Waals surface area contributed by atoms with Crippen LogP contribution in [-0.2, 0) is 22.3 Å². The van der Waals surface area contributed by atoms with Crippen LogP contribution in [0.15, 0.2) is 33.9 Å². The van der Waals surface area contributed by atoms with Crippen molar-refractivity contribution in [2.75, 3.05) is 37.5 Å². The second-order valence-corrected chi connectivity index (χ2v) is 6.50. The van der Waals surface area contributed by atoms with Gasteiger partial charge >= 0.3 is 11.9 Å². The van der Waals surface area contributed by atoms with Crippen molar-refractivity contribution in [1.82, 2.24) is 9.55 Å². The number of hydrogen-bond donors (Lipinski definition) is 2. The molecular formula is C19H23F3N4O5. The first kappa shape index (κ1) is 24.0. The quantitative estimate of drug-likeness (QED) is 0.607. The number of methoxy groups -OCH3 is 1. The average molecular weight is 444 g/mol. The van der Waals surface area contributed by atoms with Crippen molar-refractivity contribution in [2.45, 2.75) is 26.1 Å². The van der Waals surface area contributed by atoms with E-state index >= 15 is 0 Å². The molecule has 1 amide bonds. The zero-order valence-corrected chi connectivity index (χ0v) is 17.0. The van der Waals surface area contributed by atoms with Gasteiger partial charge in [0.1, 0.15) is 11.6 Å². The maximum Gasteiger partial charge on any atom is 0.416 e. The maximum absolute atomic E-state index is 12.9. The molecule has 31 heavy (non-hydrogen) atoms. The number of alkyl halides is 3. The summed E-state index contributed by atoms with van der Waals surface area (Å²) in [5, 5.41) is 0. The van der Waals surface area contributed by atoms with Gasteiger partial charge in [0.15, 0.2) is 12.3 Å². The second-order valence-electron chi connectivity index (χ2n) is 6.50. The lowest BCUT2D eigenvalue weighted by molar-refractivity contribution is -0.137. The maximum atomic E-state index is 12.9. The highest BCUT2D eigenvalue weighted by molar-refractivity contribution is 5.96. The summed E-state index contributed by atoms with van der Waals surface area (Å²) in [7, 11) is 1.38. The number of hydrogen-bond acceptors (Lipinski definition) is 6. The minimum atomic E-state index is -4.57. The predicted octanol–water partition coefficient (Wildman–Crippen LogP) is 1.61. The van der Waals surface area contributed by atoms with E-state index in [9.17, 15) is 27.6 Å². The minimum absolute atomic E-state index is 0.0289. The molecule has 0 saturated heterocycles. The van der Waals surface area contributed by atoms with Gasteiger partial charge in [-0.05, 0) is 24.6 Å². The summed E-state index contributed by atoms with van der Waals surface area (Å²) in [4.78, 5) is 40.3. The molecule has 0 aliphatic heterocycles. The number of H-pyrrole nitrogens is 1. The molecule has 3 N–H and O–H groups in total. The third-order valence-corrected chi connectivity index (χ3v) is 4.27. The summed E-state index contributed by atoms with van der Waals surface area (Å²) < 4.78 is 49.9. The predicted molar refractivity (Wildman–Crippen MR) is 107 cm³/mol.